The van der Waals surface area contributed by atoms with Gasteiger partial charge in [0.1, 0.15) is 5.58 Å². The first-order chi connectivity index (χ1) is 10.2. The van der Waals surface area contributed by atoms with Crippen molar-refractivity contribution in [1.29, 1.82) is 0 Å². The molecule has 0 saturated carbocycles. The molecule has 3 aromatic rings. The molecule has 1 heterocycles. The lowest BCUT2D eigenvalue weighted by Crippen LogP contribution is -2.10. The van der Waals surface area contributed by atoms with Crippen molar-refractivity contribution in [3.63, 3.8) is 0 Å². The summed E-state index contributed by atoms with van der Waals surface area (Å²) in [6.07, 6.45) is 2.02. The van der Waals surface area contributed by atoms with Crippen LogP contribution in [0.4, 0.5) is 5.69 Å². The van der Waals surface area contributed by atoms with Crippen molar-refractivity contribution in [3.05, 3.63) is 59.9 Å². The smallest absolute Gasteiger partial charge is 0.291 e. The minimum absolute atomic E-state index is 0.235. The summed E-state index contributed by atoms with van der Waals surface area (Å²) in [5.41, 5.74) is 2.63. The number of fused-ring (bicyclic) bond motifs is 1. The molecule has 0 radical (unpaired) electrons. The van der Waals surface area contributed by atoms with Crippen molar-refractivity contribution in [2.75, 3.05) is 11.6 Å². The lowest BCUT2D eigenvalue weighted by atomic mass is 10.2. The van der Waals surface area contributed by atoms with Crippen LogP contribution in [0.15, 0.2) is 57.8 Å². The van der Waals surface area contributed by atoms with Crippen molar-refractivity contribution in [2.24, 2.45) is 0 Å². The molecular formula is C17H15NO2S. The second-order valence-corrected chi connectivity index (χ2v) is 5.71. The molecule has 0 aliphatic heterocycles. The van der Waals surface area contributed by atoms with Gasteiger partial charge in [0.15, 0.2) is 5.76 Å². The molecule has 21 heavy (non-hydrogen) atoms. The zero-order valence-electron chi connectivity index (χ0n) is 11.8. The Labute approximate surface area is 127 Å². The monoisotopic (exact) mass is 297 g/mol. The molecule has 0 bridgehead atoms. The van der Waals surface area contributed by atoms with Gasteiger partial charge in [-0.2, -0.15) is 0 Å². The number of anilines is 1. The summed E-state index contributed by atoms with van der Waals surface area (Å²) in [5, 5.41) is 3.79. The fourth-order valence-corrected chi connectivity index (χ4v) is 2.55. The third-order valence-corrected chi connectivity index (χ3v) is 3.99. The van der Waals surface area contributed by atoms with E-state index in [9.17, 15) is 4.79 Å². The van der Waals surface area contributed by atoms with Gasteiger partial charge in [-0.1, -0.05) is 11.6 Å². The van der Waals surface area contributed by atoms with Gasteiger partial charge in [0.25, 0.3) is 5.91 Å². The normalized spacial score (nSPS) is 10.8. The van der Waals surface area contributed by atoms with Crippen molar-refractivity contribution in [2.45, 2.75) is 11.8 Å². The van der Waals surface area contributed by atoms with Crippen LogP contribution < -0.4 is 5.32 Å². The molecule has 3 rings (SSSR count). The summed E-state index contributed by atoms with van der Waals surface area (Å²) in [6.45, 7) is 2.01. The first kappa shape index (κ1) is 13.8. The Balaban J connectivity index is 1.82. The van der Waals surface area contributed by atoms with E-state index in [1.807, 2.05) is 55.6 Å². The molecular weight excluding hydrogens is 282 g/mol. The van der Waals surface area contributed by atoms with Crippen LogP contribution in [0, 0.1) is 6.92 Å². The van der Waals surface area contributed by atoms with E-state index in [0.29, 0.717) is 5.76 Å². The van der Waals surface area contributed by atoms with Crippen molar-refractivity contribution < 1.29 is 9.21 Å². The van der Waals surface area contributed by atoms with E-state index in [-0.39, 0.29) is 5.91 Å². The molecule has 0 fully saturated rings. The second kappa shape index (κ2) is 5.66. The molecule has 106 valence electrons. The van der Waals surface area contributed by atoms with Gasteiger partial charge in [-0.15, -0.1) is 11.8 Å². The van der Waals surface area contributed by atoms with Crippen LogP contribution in [0.5, 0.6) is 0 Å². The Morgan fingerprint density at radius 3 is 2.57 bits per heavy atom. The molecule has 3 nitrogen and oxygen atoms in total. The van der Waals surface area contributed by atoms with Gasteiger partial charge in [-0.05, 0) is 55.6 Å². The highest BCUT2D eigenvalue weighted by Gasteiger charge is 2.12. The minimum atomic E-state index is -0.235. The van der Waals surface area contributed by atoms with Crippen LogP contribution in [-0.2, 0) is 0 Å². The average molecular weight is 297 g/mol. The van der Waals surface area contributed by atoms with Gasteiger partial charge in [0, 0.05) is 16.0 Å². The number of amides is 1. The molecule has 0 unspecified atom stereocenters. The van der Waals surface area contributed by atoms with E-state index >= 15 is 0 Å². The molecule has 1 aromatic heterocycles. The molecule has 1 amide bonds. The van der Waals surface area contributed by atoms with Crippen LogP contribution >= 0.6 is 11.8 Å². The third-order valence-electron chi connectivity index (χ3n) is 3.24. The largest absolute Gasteiger partial charge is 0.451 e. The van der Waals surface area contributed by atoms with Crippen LogP contribution in [0.2, 0.25) is 0 Å². The van der Waals surface area contributed by atoms with Crippen LogP contribution in [-0.4, -0.2) is 12.2 Å². The van der Waals surface area contributed by atoms with E-state index in [4.69, 9.17) is 4.42 Å². The molecule has 1 N–H and O–H groups in total. The first-order valence-electron chi connectivity index (χ1n) is 6.61. The Hall–Kier alpha value is -2.20. The summed E-state index contributed by atoms with van der Waals surface area (Å²) in [4.78, 5) is 13.4. The zero-order valence-corrected chi connectivity index (χ0v) is 12.7. The van der Waals surface area contributed by atoms with Gasteiger partial charge in [-0.3, -0.25) is 4.79 Å². The van der Waals surface area contributed by atoms with Gasteiger partial charge in [0.05, 0.1) is 0 Å². The Kier molecular flexibility index (Phi) is 3.71. The van der Waals surface area contributed by atoms with Crippen LogP contribution in [0.1, 0.15) is 16.1 Å². The maximum atomic E-state index is 12.2. The van der Waals surface area contributed by atoms with Gasteiger partial charge in [0.2, 0.25) is 0 Å². The minimum Gasteiger partial charge on any atom is -0.451 e. The van der Waals surface area contributed by atoms with E-state index < -0.39 is 0 Å². The van der Waals surface area contributed by atoms with Gasteiger partial charge >= 0.3 is 0 Å². The molecule has 0 spiro atoms. The van der Waals surface area contributed by atoms with Crippen molar-refractivity contribution in [1.82, 2.24) is 0 Å². The lowest BCUT2D eigenvalue weighted by molar-refractivity contribution is 0.0998. The number of benzene rings is 2. The summed E-state index contributed by atoms with van der Waals surface area (Å²) >= 11 is 1.67. The van der Waals surface area contributed by atoms with E-state index in [2.05, 4.69) is 5.32 Å². The Morgan fingerprint density at radius 1 is 1.10 bits per heavy atom. The van der Waals surface area contributed by atoms with Crippen LogP contribution in [0.3, 0.4) is 0 Å². The molecule has 2 aromatic carbocycles. The Bertz CT molecular complexity index is 790. The van der Waals surface area contributed by atoms with E-state index in [1.54, 1.807) is 17.8 Å². The maximum Gasteiger partial charge on any atom is 0.291 e. The lowest BCUT2D eigenvalue weighted by Gasteiger charge is -2.03. The summed E-state index contributed by atoms with van der Waals surface area (Å²) in [6, 6.07) is 15.3. The number of carbonyl (C=O) groups excluding carboxylic acids is 1. The molecule has 4 heteroatoms. The number of rotatable bonds is 3. The van der Waals surface area contributed by atoms with Gasteiger partial charge in [-0.25, -0.2) is 0 Å². The third kappa shape index (κ3) is 2.95. The molecule has 0 saturated heterocycles. The average Bonchev–Trinajstić information content (AvgIpc) is 2.91. The highest BCUT2D eigenvalue weighted by atomic mass is 32.2. The maximum absolute atomic E-state index is 12.2. The Morgan fingerprint density at radius 2 is 1.86 bits per heavy atom. The second-order valence-electron chi connectivity index (χ2n) is 4.83. The molecule has 0 atom stereocenters. The quantitative estimate of drug-likeness (QED) is 0.711. The SMILES string of the molecule is CSc1ccc(NC(=O)c2cc3cc(C)ccc3o2)cc1. The number of hydrogen-bond acceptors (Lipinski definition) is 3. The predicted molar refractivity (Wildman–Crippen MR) is 87.1 cm³/mol. The highest BCUT2D eigenvalue weighted by Crippen LogP contribution is 2.22. The fourth-order valence-electron chi connectivity index (χ4n) is 2.14. The summed E-state index contributed by atoms with van der Waals surface area (Å²) < 4.78 is 5.59. The van der Waals surface area contributed by atoms with E-state index in [0.717, 1.165) is 27.1 Å². The topological polar surface area (TPSA) is 42.2 Å². The standard InChI is InChI=1S/C17H15NO2S/c1-11-3-8-15-12(9-11)10-16(20-15)17(19)18-13-4-6-14(21-2)7-5-13/h3-10H,1-2H3,(H,18,19). The molecule has 0 aliphatic carbocycles. The number of nitrogens with one attached hydrogen (secondary N) is 1. The molecule has 0 aliphatic rings. The van der Waals surface area contributed by atoms with Crippen molar-refractivity contribution in [3.8, 4) is 0 Å². The van der Waals surface area contributed by atoms with E-state index in [1.165, 1.54) is 0 Å². The predicted octanol–water partition coefficient (Wildman–Crippen LogP) is 4.72. The van der Waals surface area contributed by atoms with Gasteiger partial charge < -0.3 is 9.73 Å². The number of carbonyl (C=O) groups is 1. The van der Waals surface area contributed by atoms with Crippen molar-refractivity contribution >= 4 is 34.3 Å². The number of furan rings is 1. The van der Waals surface area contributed by atoms with Crippen LogP contribution in [0.25, 0.3) is 11.0 Å². The summed E-state index contributed by atoms with van der Waals surface area (Å²) in [5.74, 6) is 0.0882. The summed E-state index contributed by atoms with van der Waals surface area (Å²) in [7, 11) is 0. The number of aryl methyl sites for hydroxylation is 1. The number of hydrogen-bond donors (Lipinski definition) is 1. The fraction of sp³-hybridized carbons (Fsp3) is 0.118. The number of thioether (sulfide) groups is 1. The zero-order chi connectivity index (χ0) is 14.8. The highest BCUT2D eigenvalue weighted by molar-refractivity contribution is 7.98. The first-order valence-corrected chi connectivity index (χ1v) is 7.84.